The molecule has 1 fully saturated rings. The molecular formula is C13H21N3O4S. The molecule has 0 saturated carbocycles. The Hall–Kier alpha value is -1.54. The standard InChI is InChI=1S/C13H21N3O4S/c1-3-10(21-5-4-15-7-14)11(13(19)20)16-6-9(8(2)17)12(16)18/h7-9,17H,3-6H2,1-2H3,(H2,14,15)(H,19,20)/b11-10+. The quantitative estimate of drug-likeness (QED) is 0.194. The molecule has 1 heterocycles. The topological polar surface area (TPSA) is 116 Å². The highest BCUT2D eigenvalue weighted by Gasteiger charge is 2.44. The van der Waals surface area contributed by atoms with Crippen LogP contribution in [0.3, 0.4) is 0 Å². The molecule has 1 aliphatic heterocycles. The van der Waals surface area contributed by atoms with E-state index in [1.165, 1.54) is 29.9 Å². The number of amides is 1. The van der Waals surface area contributed by atoms with Crippen LogP contribution in [0.15, 0.2) is 15.6 Å². The third-order valence-electron chi connectivity index (χ3n) is 3.20. The van der Waals surface area contributed by atoms with Crippen molar-refractivity contribution in [2.75, 3.05) is 18.8 Å². The molecular weight excluding hydrogens is 294 g/mol. The number of rotatable bonds is 8. The number of likely N-dealkylation sites (tertiary alicyclic amines) is 1. The predicted octanol–water partition coefficient (Wildman–Crippen LogP) is 0.252. The van der Waals surface area contributed by atoms with Gasteiger partial charge in [0.1, 0.15) is 5.70 Å². The van der Waals surface area contributed by atoms with E-state index >= 15 is 0 Å². The lowest BCUT2D eigenvalue weighted by Gasteiger charge is -2.40. The van der Waals surface area contributed by atoms with Crippen LogP contribution in [0.25, 0.3) is 0 Å². The number of hydrogen-bond donors (Lipinski definition) is 3. The van der Waals surface area contributed by atoms with Crippen molar-refractivity contribution in [3.8, 4) is 0 Å². The maximum Gasteiger partial charge on any atom is 0.353 e. The van der Waals surface area contributed by atoms with Crippen LogP contribution < -0.4 is 5.73 Å². The molecule has 8 heteroatoms. The number of thioether (sulfide) groups is 1. The van der Waals surface area contributed by atoms with Gasteiger partial charge in [-0.1, -0.05) is 6.92 Å². The molecule has 1 saturated heterocycles. The van der Waals surface area contributed by atoms with E-state index in [0.29, 0.717) is 23.6 Å². The Bertz CT molecular complexity index is 462. The van der Waals surface area contributed by atoms with Crippen molar-refractivity contribution in [1.29, 1.82) is 0 Å². The van der Waals surface area contributed by atoms with E-state index in [4.69, 9.17) is 5.73 Å². The fraction of sp³-hybridized carbons (Fsp3) is 0.615. The van der Waals surface area contributed by atoms with Crippen molar-refractivity contribution < 1.29 is 19.8 Å². The van der Waals surface area contributed by atoms with Crippen molar-refractivity contribution in [2.45, 2.75) is 26.4 Å². The lowest BCUT2D eigenvalue weighted by Crippen LogP contribution is -2.56. The summed E-state index contributed by atoms with van der Waals surface area (Å²) in [7, 11) is 0. The van der Waals surface area contributed by atoms with Crippen molar-refractivity contribution >= 4 is 30.0 Å². The van der Waals surface area contributed by atoms with Gasteiger partial charge in [0.15, 0.2) is 0 Å². The molecule has 0 spiro atoms. The molecule has 0 bridgehead atoms. The lowest BCUT2D eigenvalue weighted by molar-refractivity contribution is -0.154. The Morgan fingerprint density at radius 1 is 1.67 bits per heavy atom. The van der Waals surface area contributed by atoms with E-state index in [1.807, 2.05) is 6.92 Å². The summed E-state index contributed by atoms with van der Waals surface area (Å²) in [6, 6.07) is 0. The number of β-lactam (4-membered cyclic amide) rings is 1. The molecule has 0 aromatic carbocycles. The van der Waals surface area contributed by atoms with Gasteiger partial charge >= 0.3 is 5.97 Å². The zero-order valence-electron chi connectivity index (χ0n) is 12.2. The van der Waals surface area contributed by atoms with Crippen LogP contribution >= 0.6 is 11.8 Å². The molecule has 0 aromatic heterocycles. The zero-order chi connectivity index (χ0) is 16.0. The highest BCUT2D eigenvalue weighted by atomic mass is 32.2. The molecule has 1 aliphatic rings. The highest BCUT2D eigenvalue weighted by molar-refractivity contribution is 8.03. The highest BCUT2D eigenvalue weighted by Crippen LogP contribution is 2.32. The molecule has 1 rings (SSSR count). The SMILES string of the molecule is CC/C(SCCN=CN)=C(/C(=O)O)N1CC(C(C)O)C1=O. The van der Waals surface area contributed by atoms with Gasteiger partial charge in [-0.05, 0) is 13.3 Å². The summed E-state index contributed by atoms with van der Waals surface area (Å²) in [6.07, 6.45) is 0.961. The number of hydrogen-bond acceptors (Lipinski definition) is 5. The Balaban J connectivity index is 2.85. The first-order valence-corrected chi connectivity index (χ1v) is 7.71. The first-order chi connectivity index (χ1) is 9.93. The van der Waals surface area contributed by atoms with Gasteiger partial charge in [-0.2, -0.15) is 0 Å². The van der Waals surface area contributed by atoms with Crippen LogP contribution in [0.5, 0.6) is 0 Å². The zero-order valence-corrected chi connectivity index (χ0v) is 13.0. The van der Waals surface area contributed by atoms with E-state index in [2.05, 4.69) is 4.99 Å². The van der Waals surface area contributed by atoms with Crippen LogP contribution in [-0.2, 0) is 9.59 Å². The number of carboxylic acid groups (broad SMARTS) is 1. The number of aliphatic carboxylic acids is 1. The lowest BCUT2D eigenvalue weighted by atomic mass is 9.92. The molecule has 0 aliphatic carbocycles. The minimum absolute atomic E-state index is 0.0149. The number of carbonyl (C=O) groups excluding carboxylic acids is 1. The Kier molecular flexibility index (Phi) is 6.70. The number of aliphatic hydroxyl groups is 1. The molecule has 0 aromatic rings. The first kappa shape index (κ1) is 17.5. The van der Waals surface area contributed by atoms with E-state index in [1.54, 1.807) is 0 Å². The predicted molar refractivity (Wildman–Crippen MR) is 81.8 cm³/mol. The number of nitrogens with zero attached hydrogens (tertiary/aromatic N) is 2. The van der Waals surface area contributed by atoms with Crippen molar-refractivity contribution in [3.63, 3.8) is 0 Å². The summed E-state index contributed by atoms with van der Waals surface area (Å²) in [4.78, 5) is 29.2. The second kappa shape index (κ2) is 8.04. The molecule has 2 unspecified atom stereocenters. The Morgan fingerprint density at radius 3 is 2.76 bits per heavy atom. The Morgan fingerprint density at radius 2 is 2.33 bits per heavy atom. The molecule has 0 radical (unpaired) electrons. The molecule has 118 valence electrons. The van der Waals surface area contributed by atoms with Crippen LogP contribution in [0.1, 0.15) is 20.3 Å². The largest absolute Gasteiger partial charge is 0.477 e. The molecule has 21 heavy (non-hydrogen) atoms. The van der Waals surface area contributed by atoms with Crippen molar-refractivity contribution in [3.05, 3.63) is 10.6 Å². The summed E-state index contributed by atoms with van der Waals surface area (Å²) in [5, 5.41) is 18.8. The van der Waals surface area contributed by atoms with E-state index in [0.717, 1.165) is 0 Å². The van der Waals surface area contributed by atoms with E-state index in [-0.39, 0.29) is 18.1 Å². The number of carbonyl (C=O) groups is 2. The van der Waals surface area contributed by atoms with Crippen molar-refractivity contribution in [2.24, 2.45) is 16.6 Å². The van der Waals surface area contributed by atoms with Crippen LogP contribution in [0, 0.1) is 5.92 Å². The average molecular weight is 315 g/mol. The summed E-state index contributed by atoms with van der Waals surface area (Å²) in [5.41, 5.74) is 5.16. The van der Waals surface area contributed by atoms with E-state index < -0.39 is 18.0 Å². The van der Waals surface area contributed by atoms with Gasteiger partial charge in [0, 0.05) is 17.2 Å². The average Bonchev–Trinajstić information content (AvgIpc) is 2.42. The van der Waals surface area contributed by atoms with Gasteiger partial charge < -0.3 is 20.8 Å². The summed E-state index contributed by atoms with van der Waals surface area (Å²) >= 11 is 1.36. The van der Waals surface area contributed by atoms with Gasteiger partial charge in [0.2, 0.25) is 5.91 Å². The van der Waals surface area contributed by atoms with Gasteiger partial charge in [0.25, 0.3) is 0 Å². The fourth-order valence-corrected chi connectivity index (χ4v) is 3.01. The minimum Gasteiger partial charge on any atom is -0.477 e. The summed E-state index contributed by atoms with van der Waals surface area (Å²) in [5.74, 6) is -1.38. The van der Waals surface area contributed by atoms with Crippen LogP contribution in [-0.4, -0.2) is 58.3 Å². The van der Waals surface area contributed by atoms with Gasteiger partial charge in [-0.3, -0.25) is 9.79 Å². The monoisotopic (exact) mass is 315 g/mol. The third-order valence-corrected chi connectivity index (χ3v) is 4.42. The summed E-state index contributed by atoms with van der Waals surface area (Å²) in [6.45, 7) is 4.10. The number of aliphatic hydroxyl groups excluding tert-OH is 1. The van der Waals surface area contributed by atoms with Crippen LogP contribution in [0.4, 0.5) is 0 Å². The number of allylic oxidation sites excluding steroid dienone is 1. The normalized spacial score (nSPS) is 21.2. The smallest absolute Gasteiger partial charge is 0.353 e. The maximum atomic E-state index is 12.0. The molecule has 4 N–H and O–H groups in total. The maximum absolute atomic E-state index is 12.0. The minimum atomic E-state index is -1.13. The number of carboxylic acids is 1. The molecule has 2 atom stereocenters. The first-order valence-electron chi connectivity index (χ1n) is 6.72. The number of aliphatic imine (C=N–C) groups is 1. The third kappa shape index (κ3) is 4.21. The molecule has 1 amide bonds. The van der Waals surface area contributed by atoms with Gasteiger partial charge in [0.05, 0.1) is 24.9 Å². The summed E-state index contributed by atoms with van der Waals surface area (Å²) < 4.78 is 0. The fourth-order valence-electron chi connectivity index (χ4n) is 2.03. The van der Waals surface area contributed by atoms with Crippen molar-refractivity contribution in [1.82, 2.24) is 4.90 Å². The van der Waals surface area contributed by atoms with Gasteiger partial charge in [-0.15, -0.1) is 11.8 Å². The molecule has 7 nitrogen and oxygen atoms in total. The second-order valence-corrected chi connectivity index (χ2v) is 5.82. The van der Waals surface area contributed by atoms with Gasteiger partial charge in [-0.25, -0.2) is 4.79 Å². The number of nitrogens with two attached hydrogens (primary N) is 1. The Labute approximate surface area is 127 Å². The van der Waals surface area contributed by atoms with E-state index in [9.17, 15) is 19.8 Å². The second-order valence-electron chi connectivity index (χ2n) is 4.63. The van der Waals surface area contributed by atoms with Crippen LogP contribution in [0.2, 0.25) is 0 Å².